The van der Waals surface area contributed by atoms with Gasteiger partial charge in [-0.25, -0.2) is 4.79 Å². The smallest absolute Gasteiger partial charge is 0.326 e. The lowest BCUT2D eigenvalue weighted by atomic mass is 10.0. The monoisotopic (exact) mass is 582 g/mol. The van der Waals surface area contributed by atoms with Gasteiger partial charge in [0.15, 0.2) is 0 Å². The van der Waals surface area contributed by atoms with Crippen molar-refractivity contribution in [2.24, 2.45) is 11.5 Å². The number of hydrogen-bond donors (Lipinski definition) is 8. The van der Waals surface area contributed by atoms with E-state index in [2.05, 4.69) is 33.6 Å². The number of benzene rings is 2. The van der Waals surface area contributed by atoms with Crippen LogP contribution in [0.1, 0.15) is 24.0 Å². The Morgan fingerprint density at radius 3 is 2.10 bits per heavy atom. The van der Waals surface area contributed by atoms with E-state index < -0.39 is 53.8 Å². The van der Waals surface area contributed by atoms with Gasteiger partial charge in [-0.15, -0.1) is 0 Å². The molecule has 0 aliphatic carbocycles. The highest BCUT2D eigenvalue weighted by molar-refractivity contribution is 7.80. The summed E-state index contributed by atoms with van der Waals surface area (Å²) < 4.78 is 0. The van der Waals surface area contributed by atoms with Crippen molar-refractivity contribution < 1.29 is 29.1 Å². The Kier molecular flexibility index (Phi) is 11.3. The zero-order chi connectivity index (χ0) is 29.9. The third-order valence-electron chi connectivity index (χ3n) is 6.48. The molecule has 0 bridgehead atoms. The van der Waals surface area contributed by atoms with Gasteiger partial charge in [-0.05, 0) is 30.0 Å². The molecule has 12 nitrogen and oxygen atoms in total. The summed E-state index contributed by atoms with van der Waals surface area (Å²) >= 11 is 4.19. The fourth-order valence-corrected chi connectivity index (χ4v) is 4.51. The Labute approximate surface area is 242 Å². The van der Waals surface area contributed by atoms with E-state index >= 15 is 0 Å². The number of aliphatic carboxylic acids is 1. The normalized spacial score (nSPS) is 13.9. The highest BCUT2D eigenvalue weighted by atomic mass is 32.1. The van der Waals surface area contributed by atoms with Crippen LogP contribution in [0.3, 0.4) is 0 Å². The SMILES string of the molecule is NC(=O)CCC(NC(=O)C(Cc1ccccc1)NC(=O)C(CS)NC(=O)C(N)Cc1c[nH]c2ccccc12)C(=O)O. The number of rotatable bonds is 15. The van der Waals surface area contributed by atoms with Crippen molar-refractivity contribution in [3.63, 3.8) is 0 Å². The number of carbonyl (C=O) groups is 5. The fourth-order valence-electron chi connectivity index (χ4n) is 4.25. The number of amides is 4. The second-order valence-corrected chi connectivity index (χ2v) is 9.93. The molecule has 1 aromatic heterocycles. The van der Waals surface area contributed by atoms with Crippen LogP contribution in [0.25, 0.3) is 10.9 Å². The molecule has 3 aromatic rings. The molecule has 13 heteroatoms. The first-order valence-corrected chi connectivity index (χ1v) is 13.6. The van der Waals surface area contributed by atoms with Gasteiger partial charge in [0.1, 0.15) is 18.1 Å². The van der Waals surface area contributed by atoms with E-state index in [1.807, 2.05) is 24.3 Å². The first kappa shape index (κ1) is 31.2. The Morgan fingerprint density at radius 1 is 0.829 bits per heavy atom. The van der Waals surface area contributed by atoms with Crippen molar-refractivity contribution in [3.05, 3.63) is 71.9 Å². The summed E-state index contributed by atoms with van der Waals surface area (Å²) in [7, 11) is 0. The third-order valence-corrected chi connectivity index (χ3v) is 6.84. The molecule has 9 N–H and O–H groups in total. The van der Waals surface area contributed by atoms with E-state index in [1.54, 1.807) is 36.5 Å². The number of H-pyrrole nitrogens is 1. The van der Waals surface area contributed by atoms with Crippen LogP contribution in [0, 0.1) is 0 Å². The van der Waals surface area contributed by atoms with Crippen LogP contribution in [-0.2, 0) is 36.8 Å². The van der Waals surface area contributed by atoms with E-state index in [1.165, 1.54) is 0 Å². The predicted octanol–water partition coefficient (Wildman–Crippen LogP) is 0.0147. The molecule has 0 aliphatic rings. The van der Waals surface area contributed by atoms with E-state index in [9.17, 15) is 29.1 Å². The number of carboxylic acid groups (broad SMARTS) is 1. The van der Waals surface area contributed by atoms with Crippen LogP contribution in [0.2, 0.25) is 0 Å². The van der Waals surface area contributed by atoms with Gasteiger partial charge >= 0.3 is 5.97 Å². The topological polar surface area (TPSA) is 209 Å². The lowest BCUT2D eigenvalue weighted by Gasteiger charge is -2.24. The number of aromatic amines is 1. The summed E-state index contributed by atoms with van der Waals surface area (Å²) in [6.45, 7) is 0. The average molecular weight is 583 g/mol. The van der Waals surface area contributed by atoms with Crippen LogP contribution in [-0.4, -0.2) is 69.6 Å². The Balaban J connectivity index is 1.69. The minimum Gasteiger partial charge on any atom is -0.480 e. The van der Waals surface area contributed by atoms with E-state index in [4.69, 9.17) is 11.5 Å². The van der Waals surface area contributed by atoms with Crippen molar-refractivity contribution in [3.8, 4) is 0 Å². The van der Waals surface area contributed by atoms with Gasteiger partial charge in [0.25, 0.3) is 0 Å². The minimum absolute atomic E-state index is 0.0356. The van der Waals surface area contributed by atoms with Crippen LogP contribution < -0.4 is 27.4 Å². The minimum atomic E-state index is -1.40. The van der Waals surface area contributed by atoms with Crippen LogP contribution >= 0.6 is 12.6 Å². The second kappa shape index (κ2) is 14.9. The van der Waals surface area contributed by atoms with Gasteiger partial charge in [-0.3, -0.25) is 19.2 Å². The van der Waals surface area contributed by atoms with E-state index in [-0.39, 0.29) is 31.4 Å². The number of nitrogens with one attached hydrogen (secondary N) is 4. The molecule has 4 atom stereocenters. The molecular formula is C28H34N6O6S. The molecule has 0 saturated carbocycles. The van der Waals surface area contributed by atoms with Gasteiger partial charge in [0.05, 0.1) is 6.04 Å². The molecule has 1 heterocycles. The zero-order valence-corrected chi connectivity index (χ0v) is 23.1. The lowest BCUT2D eigenvalue weighted by Crippen LogP contribution is -2.58. The fraction of sp³-hybridized carbons (Fsp3) is 0.321. The van der Waals surface area contributed by atoms with Gasteiger partial charge < -0.3 is 37.5 Å². The molecule has 2 aromatic carbocycles. The van der Waals surface area contributed by atoms with Crippen molar-refractivity contribution >= 4 is 53.1 Å². The average Bonchev–Trinajstić information content (AvgIpc) is 3.36. The van der Waals surface area contributed by atoms with Crippen molar-refractivity contribution in [1.29, 1.82) is 0 Å². The molecule has 218 valence electrons. The van der Waals surface area contributed by atoms with E-state index in [0.29, 0.717) is 5.56 Å². The van der Waals surface area contributed by atoms with E-state index in [0.717, 1.165) is 16.5 Å². The Hall–Kier alpha value is -4.36. The Bertz CT molecular complexity index is 1380. The first-order valence-electron chi connectivity index (χ1n) is 13.0. The summed E-state index contributed by atoms with van der Waals surface area (Å²) in [4.78, 5) is 65.1. The third kappa shape index (κ3) is 9.08. The number of carbonyl (C=O) groups excluding carboxylic acids is 4. The summed E-state index contributed by atoms with van der Waals surface area (Å²) in [6, 6.07) is 11.7. The molecule has 0 spiro atoms. The number of aromatic nitrogens is 1. The number of fused-ring (bicyclic) bond motifs is 1. The summed E-state index contributed by atoms with van der Waals surface area (Å²) in [6.07, 6.45) is 1.57. The zero-order valence-electron chi connectivity index (χ0n) is 22.2. The van der Waals surface area contributed by atoms with Crippen molar-refractivity contribution in [2.45, 2.75) is 49.9 Å². The molecule has 0 aliphatic heterocycles. The molecule has 3 rings (SSSR count). The first-order chi connectivity index (χ1) is 19.6. The molecule has 4 amide bonds. The standard InChI is InChI=1S/C28H34N6O6S/c29-19(13-17-14-31-20-9-5-4-8-18(17)20)25(36)34-23(15-41)27(38)33-22(12-16-6-2-1-3-7-16)26(37)32-21(28(39)40)10-11-24(30)35/h1-9,14,19,21-23,31,41H,10-13,15,29H2,(H2,30,35)(H,32,37)(H,33,38)(H,34,36)(H,39,40). The number of primary amides is 1. The molecule has 4 unspecified atom stereocenters. The molecule has 0 radical (unpaired) electrons. The summed E-state index contributed by atoms with van der Waals surface area (Å²) in [5, 5.41) is 18.0. The van der Waals surface area contributed by atoms with Crippen LogP contribution in [0.15, 0.2) is 60.8 Å². The van der Waals surface area contributed by atoms with Gasteiger partial charge in [0, 0.05) is 35.7 Å². The molecule has 41 heavy (non-hydrogen) atoms. The van der Waals surface area contributed by atoms with Crippen molar-refractivity contribution in [2.75, 3.05) is 5.75 Å². The highest BCUT2D eigenvalue weighted by Crippen LogP contribution is 2.18. The molecule has 0 saturated heterocycles. The second-order valence-electron chi connectivity index (χ2n) is 9.57. The Morgan fingerprint density at radius 2 is 1.44 bits per heavy atom. The van der Waals surface area contributed by atoms with Gasteiger partial charge in [-0.1, -0.05) is 48.5 Å². The number of nitrogens with two attached hydrogens (primary N) is 2. The van der Waals surface area contributed by atoms with Crippen LogP contribution in [0.4, 0.5) is 0 Å². The maximum absolute atomic E-state index is 13.2. The largest absolute Gasteiger partial charge is 0.480 e. The van der Waals surface area contributed by atoms with Crippen molar-refractivity contribution in [1.82, 2.24) is 20.9 Å². The van der Waals surface area contributed by atoms with Crippen LogP contribution in [0.5, 0.6) is 0 Å². The number of thiol groups is 1. The number of para-hydroxylation sites is 1. The predicted molar refractivity (Wildman–Crippen MR) is 156 cm³/mol. The highest BCUT2D eigenvalue weighted by Gasteiger charge is 2.30. The lowest BCUT2D eigenvalue weighted by molar-refractivity contribution is -0.142. The summed E-state index contributed by atoms with van der Waals surface area (Å²) in [5.41, 5.74) is 13.7. The summed E-state index contributed by atoms with van der Waals surface area (Å²) in [5.74, 6) is -4.21. The molecule has 0 fully saturated rings. The number of carboxylic acids is 1. The maximum Gasteiger partial charge on any atom is 0.326 e. The number of hydrogen-bond acceptors (Lipinski definition) is 7. The van der Waals surface area contributed by atoms with Gasteiger partial charge in [0.2, 0.25) is 23.6 Å². The molecular weight excluding hydrogens is 548 g/mol. The maximum atomic E-state index is 13.2. The van der Waals surface area contributed by atoms with Gasteiger partial charge in [-0.2, -0.15) is 12.6 Å². The quantitative estimate of drug-likeness (QED) is 0.115.